The van der Waals surface area contributed by atoms with E-state index in [2.05, 4.69) is 157 Å². The Bertz CT molecular complexity index is 2810. The largest absolute Gasteiger partial charge is 0.456 e. The van der Waals surface area contributed by atoms with Crippen molar-refractivity contribution in [2.24, 2.45) is 0 Å². The molecule has 2 aromatic heterocycles. The van der Waals surface area contributed by atoms with Crippen LogP contribution in [0.3, 0.4) is 0 Å². The number of anilines is 3. The lowest BCUT2D eigenvalue weighted by Crippen LogP contribution is -2.09. The molecule has 10 rings (SSSR count). The average molecular weight is 628 g/mol. The van der Waals surface area contributed by atoms with Gasteiger partial charge in [0, 0.05) is 44.2 Å². The van der Waals surface area contributed by atoms with Crippen LogP contribution in [0.15, 0.2) is 185 Å². The van der Waals surface area contributed by atoms with Crippen LogP contribution in [0, 0.1) is 0 Å². The highest BCUT2D eigenvalue weighted by Gasteiger charge is 2.16. The SMILES string of the molecule is c1ccc(N(c2ccc(-c3ccc4cc5c(cc4c3)oc3ccccc35)cc2)c2ccc(-c3cccc4c3oc3ccccc34)cc2)cc1. The smallest absolute Gasteiger partial charge is 0.143 e. The summed E-state index contributed by atoms with van der Waals surface area (Å²) >= 11 is 0. The van der Waals surface area contributed by atoms with Crippen molar-refractivity contribution in [1.29, 1.82) is 0 Å². The molecule has 10 aromatic rings. The molecule has 0 atom stereocenters. The van der Waals surface area contributed by atoms with Gasteiger partial charge < -0.3 is 13.7 Å². The molecule has 0 saturated carbocycles. The van der Waals surface area contributed by atoms with Gasteiger partial charge in [0.1, 0.15) is 22.3 Å². The summed E-state index contributed by atoms with van der Waals surface area (Å²) < 4.78 is 12.5. The average Bonchev–Trinajstić information content (AvgIpc) is 3.73. The van der Waals surface area contributed by atoms with Gasteiger partial charge in [0.2, 0.25) is 0 Å². The van der Waals surface area contributed by atoms with E-state index in [9.17, 15) is 0 Å². The van der Waals surface area contributed by atoms with E-state index in [1.54, 1.807) is 0 Å². The molecule has 0 fully saturated rings. The summed E-state index contributed by atoms with van der Waals surface area (Å²) in [6, 6.07) is 62.1. The summed E-state index contributed by atoms with van der Waals surface area (Å²) in [5.74, 6) is 0. The second kappa shape index (κ2) is 11.0. The third-order valence-corrected chi connectivity index (χ3v) is 9.65. The fraction of sp³-hybridized carbons (Fsp3) is 0. The quantitative estimate of drug-likeness (QED) is 0.190. The Balaban J connectivity index is 1.00. The third-order valence-electron chi connectivity index (χ3n) is 9.65. The highest BCUT2D eigenvalue weighted by Crippen LogP contribution is 2.40. The number of benzene rings is 8. The minimum atomic E-state index is 0.910. The molecule has 230 valence electrons. The van der Waals surface area contributed by atoms with Gasteiger partial charge in [-0.15, -0.1) is 0 Å². The van der Waals surface area contributed by atoms with Gasteiger partial charge in [0.05, 0.1) is 0 Å². The first-order valence-electron chi connectivity index (χ1n) is 16.6. The van der Waals surface area contributed by atoms with Crippen molar-refractivity contribution in [3.8, 4) is 22.3 Å². The van der Waals surface area contributed by atoms with Gasteiger partial charge in [-0.2, -0.15) is 0 Å². The van der Waals surface area contributed by atoms with Gasteiger partial charge in [-0.3, -0.25) is 0 Å². The first-order chi connectivity index (χ1) is 24.3. The van der Waals surface area contributed by atoms with Crippen LogP contribution in [0.1, 0.15) is 0 Å². The van der Waals surface area contributed by atoms with Gasteiger partial charge in [-0.05, 0) is 94.2 Å². The molecule has 0 bridgehead atoms. The van der Waals surface area contributed by atoms with Crippen molar-refractivity contribution in [3.63, 3.8) is 0 Å². The summed E-state index contributed by atoms with van der Waals surface area (Å²) in [6.45, 7) is 0. The number of fused-ring (bicyclic) bond motifs is 7. The van der Waals surface area contributed by atoms with E-state index < -0.39 is 0 Å². The molecule has 0 aliphatic heterocycles. The molecule has 0 saturated heterocycles. The van der Waals surface area contributed by atoms with Crippen LogP contribution in [0.25, 0.3) is 76.9 Å². The predicted molar refractivity (Wildman–Crippen MR) is 204 cm³/mol. The summed E-state index contributed by atoms with van der Waals surface area (Å²) in [7, 11) is 0. The van der Waals surface area contributed by atoms with Crippen LogP contribution < -0.4 is 4.90 Å². The standard InChI is InChI=1S/C46H29NO2/c1-2-9-35(10-3-1)47(37-25-21-31(22-26-37)38-13-8-14-41-39-11-4-7-16-44(39)49-46(38)41)36-23-19-30(20-24-36)32-17-18-33-28-42-40-12-5-6-15-43(40)48-45(42)29-34(33)27-32/h1-29H. The minimum absolute atomic E-state index is 0.910. The number of para-hydroxylation sites is 4. The fourth-order valence-corrected chi connectivity index (χ4v) is 7.24. The van der Waals surface area contributed by atoms with E-state index in [1.807, 2.05) is 24.3 Å². The molecule has 3 nitrogen and oxygen atoms in total. The topological polar surface area (TPSA) is 29.5 Å². The van der Waals surface area contributed by atoms with E-state index in [0.717, 1.165) is 83.0 Å². The molecule has 0 radical (unpaired) electrons. The van der Waals surface area contributed by atoms with Crippen molar-refractivity contribution < 1.29 is 8.83 Å². The summed E-state index contributed by atoms with van der Waals surface area (Å²) in [6.07, 6.45) is 0. The molecule has 0 unspecified atom stereocenters. The molecule has 2 heterocycles. The Kier molecular flexibility index (Phi) is 6.18. The Labute approximate surface area is 282 Å². The zero-order valence-electron chi connectivity index (χ0n) is 26.5. The van der Waals surface area contributed by atoms with E-state index in [-0.39, 0.29) is 0 Å². The van der Waals surface area contributed by atoms with Crippen molar-refractivity contribution in [2.45, 2.75) is 0 Å². The Morgan fingerprint density at radius 2 is 0.918 bits per heavy atom. The van der Waals surface area contributed by atoms with Crippen molar-refractivity contribution >= 4 is 71.7 Å². The highest BCUT2D eigenvalue weighted by molar-refractivity contribution is 6.11. The molecule has 8 aromatic carbocycles. The molecule has 3 heteroatoms. The van der Waals surface area contributed by atoms with Crippen LogP contribution in [0.2, 0.25) is 0 Å². The number of hydrogen-bond acceptors (Lipinski definition) is 3. The highest BCUT2D eigenvalue weighted by atomic mass is 16.3. The van der Waals surface area contributed by atoms with Crippen molar-refractivity contribution in [3.05, 3.63) is 176 Å². The van der Waals surface area contributed by atoms with Crippen LogP contribution in [-0.2, 0) is 0 Å². The predicted octanol–water partition coefficient (Wildman–Crippen LogP) is 13.4. The monoisotopic (exact) mass is 627 g/mol. The molecule has 0 spiro atoms. The Morgan fingerprint density at radius 3 is 1.67 bits per heavy atom. The summed E-state index contributed by atoms with van der Waals surface area (Å²) in [4.78, 5) is 2.30. The summed E-state index contributed by atoms with van der Waals surface area (Å²) in [5.41, 5.74) is 11.5. The first kappa shape index (κ1) is 27.5. The minimum Gasteiger partial charge on any atom is -0.456 e. The normalized spacial score (nSPS) is 11.7. The lowest BCUT2D eigenvalue weighted by atomic mass is 9.99. The van der Waals surface area contributed by atoms with Crippen molar-refractivity contribution in [2.75, 3.05) is 4.90 Å². The number of nitrogens with zero attached hydrogens (tertiary/aromatic N) is 1. The third kappa shape index (κ3) is 4.59. The van der Waals surface area contributed by atoms with Gasteiger partial charge in [0.25, 0.3) is 0 Å². The maximum absolute atomic E-state index is 6.34. The molecule has 0 aliphatic rings. The van der Waals surface area contributed by atoms with Crippen LogP contribution in [-0.4, -0.2) is 0 Å². The van der Waals surface area contributed by atoms with E-state index >= 15 is 0 Å². The molecule has 0 aliphatic carbocycles. The van der Waals surface area contributed by atoms with Gasteiger partial charge >= 0.3 is 0 Å². The van der Waals surface area contributed by atoms with E-state index in [4.69, 9.17) is 8.83 Å². The molecular formula is C46H29NO2. The zero-order valence-corrected chi connectivity index (χ0v) is 26.5. The number of hydrogen-bond donors (Lipinski definition) is 0. The van der Waals surface area contributed by atoms with Gasteiger partial charge in [-0.1, -0.05) is 109 Å². The van der Waals surface area contributed by atoms with Crippen LogP contribution in [0.5, 0.6) is 0 Å². The van der Waals surface area contributed by atoms with Gasteiger partial charge in [-0.25, -0.2) is 0 Å². The molecular weight excluding hydrogens is 599 g/mol. The Morgan fingerprint density at radius 1 is 0.327 bits per heavy atom. The molecule has 49 heavy (non-hydrogen) atoms. The van der Waals surface area contributed by atoms with Crippen molar-refractivity contribution in [1.82, 2.24) is 0 Å². The Hall–Kier alpha value is -6.58. The zero-order chi connectivity index (χ0) is 32.3. The summed E-state index contributed by atoms with van der Waals surface area (Å²) in [5, 5.41) is 6.95. The maximum atomic E-state index is 6.34. The fourth-order valence-electron chi connectivity index (χ4n) is 7.24. The number of furan rings is 2. The number of rotatable bonds is 5. The maximum Gasteiger partial charge on any atom is 0.143 e. The second-order valence-corrected chi connectivity index (χ2v) is 12.6. The van der Waals surface area contributed by atoms with E-state index in [0.29, 0.717) is 0 Å². The lowest BCUT2D eigenvalue weighted by molar-refractivity contribution is 0.669. The van der Waals surface area contributed by atoms with Crippen LogP contribution in [0.4, 0.5) is 17.1 Å². The second-order valence-electron chi connectivity index (χ2n) is 12.6. The van der Waals surface area contributed by atoms with E-state index in [1.165, 1.54) is 10.9 Å². The lowest BCUT2D eigenvalue weighted by Gasteiger charge is -2.26. The van der Waals surface area contributed by atoms with Crippen LogP contribution >= 0.6 is 0 Å². The molecule has 0 N–H and O–H groups in total. The molecule has 0 amide bonds. The van der Waals surface area contributed by atoms with Gasteiger partial charge in [0.15, 0.2) is 0 Å². The first-order valence-corrected chi connectivity index (χ1v) is 16.6.